The first kappa shape index (κ1) is 39.4. The van der Waals surface area contributed by atoms with Gasteiger partial charge in [0, 0.05) is 18.2 Å². The monoisotopic (exact) mass is 765 g/mol. The van der Waals surface area contributed by atoms with Crippen LogP contribution in [0.5, 0.6) is 0 Å². The lowest BCUT2D eigenvalue weighted by molar-refractivity contribution is -0.135. The van der Waals surface area contributed by atoms with E-state index in [1.807, 2.05) is 24.3 Å². The molecule has 15 heteroatoms. The van der Waals surface area contributed by atoms with Gasteiger partial charge in [-0.3, -0.25) is 23.9 Å². The maximum atomic E-state index is 12.1. The van der Waals surface area contributed by atoms with E-state index >= 15 is 0 Å². The predicted molar refractivity (Wildman–Crippen MR) is 201 cm³/mol. The highest BCUT2D eigenvalue weighted by molar-refractivity contribution is 7.91. The summed E-state index contributed by atoms with van der Waals surface area (Å²) in [5.41, 5.74) is 6.91. The lowest BCUT2D eigenvalue weighted by Crippen LogP contribution is -2.45. The van der Waals surface area contributed by atoms with Crippen molar-refractivity contribution in [2.45, 2.75) is 82.4 Å². The Morgan fingerprint density at radius 2 is 1.86 bits per heavy atom. The highest BCUT2D eigenvalue weighted by Crippen LogP contribution is 2.44. The molecule has 272 valence electrons. The number of sulfonamides is 1. The number of H-pyrrole nitrogens is 1. The minimum Gasteiger partial charge on any atom is -0.376 e. The van der Waals surface area contributed by atoms with Crippen LogP contribution in [0.2, 0.25) is 10.0 Å². The molecule has 5 N–H and O–H groups in total. The van der Waals surface area contributed by atoms with Crippen molar-refractivity contribution in [3.63, 3.8) is 0 Å². The van der Waals surface area contributed by atoms with Gasteiger partial charge >= 0.3 is 4.87 Å². The number of fused-ring (bicyclic) bond motifs is 1. The molecule has 2 heterocycles. The molecule has 3 unspecified atom stereocenters. The molecule has 11 nitrogen and oxygen atoms in total. The molecule has 0 radical (unpaired) electrons. The number of halogens is 2. The molecule has 0 bridgehead atoms. The Balaban J connectivity index is 0.000000178. The summed E-state index contributed by atoms with van der Waals surface area (Å²) in [6.07, 6.45) is 12.4. The zero-order valence-electron chi connectivity index (χ0n) is 28.3. The van der Waals surface area contributed by atoms with Gasteiger partial charge in [0.2, 0.25) is 27.7 Å². The molecular weight excluding hydrogens is 721 g/mol. The van der Waals surface area contributed by atoms with E-state index in [1.54, 1.807) is 25.1 Å². The number of benzene rings is 2. The first-order chi connectivity index (χ1) is 23.7. The third-order valence-electron chi connectivity index (χ3n) is 8.96. The fraction of sp³-hybridized carbons (Fsp3) is 0.486. The average molecular weight is 767 g/mol. The minimum absolute atomic E-state index is 0.0150. The number of thiazole rings is 1. The number of allylic oxidation sites excluding steroid dienone is 2. The van der Waals surface area contributed by atoms with Crippen molar-refractivity contribution in [3.05, 3.63) is 74.3 Å². The van der Waals surface area contributed by atoms with Crippen molar-refractivity contribution in [2.24, 2.45) is 17.6 Å². The van der Waals surface area contributed by atoms with E-state index in [0.29, 0.717) is 41.5 Å². The second-order valence-electron chi connectivity index (χ2n) is 13.0. The van der Waals surface area contributed by atoms with Gasteiger partial charge in [0.1, 0.15) is 6.04 Å². The van der Waals surface area contributed by atoms with Gasteiger partial charge in [0.25, 0.3) is 0 Å². The summed E-state index contributed by atoms with van der Waals surface area (Å²) < 4.78 is 26.5. The van der Waals surface area contributed by atoms with Crippen LogP contribution in [-0.4, -0.2) is 59.9 Å². The highest BCUT2D eigenvalue weighted by atomic mass is 35.5. The summed E-state index contributed by atoms with van der Waals surface area (Å²) in [5.74, 6) is -0.836. The van der Waals surface area contributed by atoms with Crippen molar-refractivity contribution in [1.29, 1.82) is 0 Å². The number of anilines is 1. The molecule has 50 heavy (non-hydrogen) atoms. The molecule has 6 rings (SSSR count). The van der Waals surface area contributed by atoms with E-state index in [-0.39, 0.29) is 35.1 Å². The minimum atomic E-state index is -3.47. The number of para-hydroxylation sites is 1. The first-order valence-corrected chi connectivity index (χ1v) is 19.9. The van der Waals surface area contributed by atoms with Crippen molar-refractivity contribution < 1.29 is 22.8 Å². The molecule has 2 aromatic carbocycles. The van der Waals surface area contributed by atoms with Gasteiger partial charge in [0.05, 0.1) is 31.6 Å². The van der Waals surface area contributed by atoms with Gasteiger partial charge < -0.3 is 20.9 Å². The lowest BCUT2D eigenvalue weighted by atomic mass is 10.2. The standard InChI is InChI=1S/C15H25NO3S.C13H15Cl2N3O2.C7H5NOS/c1-3-4-5-6-7-8-12-11-13(12)14(17)16-20(18,19)15(2)9-10-15;14-9-4-3-8(6-10(9)15)17-7-12(19)18-5-1-2-11(18)13(16)20;9-7-8-5-3-1-2-4-6(5)10-7/h7-8,12-13H,3-6,9-11H2,1-2H3,(H,16,17);3-4,6,11,17H,1-2,5,7H2,(H2,16,20);1-4H,(H,8,9)/b8-7-;;. The van der Waals surface area contributed by atoms with Crippen LogP contribution < -0.4 is 20.6 Å². The number of aromatic nitrogens is 1. The van der Waals surface area contributed by atoms with Crippen molar-refractivity contribution in [3.8, 4) is 0 Å². The Labute approximate surface area is 307 Å². The second-order valence-corrected chi connectivity index (χ2v) is 17.0. The van der Waals surface area contributed by atoms with E-state index < -0.39 is 26.7 Å². The summed E-state index contributed by atoms with van der Waals surface area (Å²) in [5, 5.41) is 3.83. The fourth-order valence-electron chi connectivity index (χ4n) is 5.43. The highest BCUT2D eigenvalue weighted by Gasteiger charge is 2.52. The molecule has 3 aliphatic rings. The molecule has 1 saturated heterocycles. The van der Waals surface area contributed by atoms with Gasteiger partial charge in [0.15, 0.2) is 0 Å². The smallest absolute Gasteiger partial charge is 0.305 e. The number of nitrogens with one attached hydrogen (secondary N) is 3. The Hall–Kier alpha value is -3.39. The van der Waals surface area contributed by atoms with Crippen LogP contribution in [0.1, 0.15) is 71.6 Å². The topological polar surface area (TPSA) is 172 Å². The van der Waals surface area contributed by atoms with Crippen LogP contribution in [0.25, 0.3) is 10.2 Å². The number of nitrogens with zero attached hydrogens (tertiary/aromatic N) is 1. The van der Waals surface area contributed by atoms with E-state index in [0.717, 1.165) is 29.5 Å². The number of aromatic amines is 1. The fourth-order valence-corrected chi connectivity index (χ4v) is 7.77. The van der Waals surface area contributed by atoms with E-state index in [1.165, 1.54) is 35.5 Å². The quantitative estimate of drug-likeness (QED) is 0.125. The first-order valence-electron chi connectivity index (χ1n) is 16.8. The normalized spacial score (nSPS) is 20.3. The SMILES string of the molecule is CCCCC/C=C\C1CC1C(=O)NS(=O)(=O)C1(C)CC1.NC(=O)C1CCCN1C(=O)CNc1ccc(Cl)c(Cl)c1.O=c1[nH]c2ccccc2s1. The number of hydrogen-bond acceptors (Lipinski definition) is 8. The molecule has 2 aliphatic carbocycles. The molecule has 3 aromatic rings. The predicted octanol–water partition coefficient (Wildman–Crippen LogP) is 6.23. The van der Waals surface area contributed by atoms with E-state index in [9.17, 15) is 27.6 Å². The number of nitrogens with two attached hydrogens (primary N) is 1. The van der Waals surface area contributed by atoms with Gasteiger partial charge in [-0.25, -0.2) is 8.42 Å². The Morgan fingerprint density at radius 3 is 2.52 bits per heavy atom. The maximum Gasteiger partial charge on any atom is 0.305 e. The van der Waals surface area contributed by atoms with Crippen molar-refractivity contribution in [1.82, 2.24) is 14.6 Å². The Kier molecular flexibility index (Phi) is 13.9. The summed E-state index contributed by atoms with van der Waals surface area (Å²) >= 11 is 12.9. The molecule has 2 saturated carbocycles. The zero-order chi connectivity index (χ0) is 36.5. The van der Waals surface area contributed by atoms with Crippen LogP contribution >= 0.6 is 34.5 Å². The average Bonchev–Trinajstić information content (AvgIpc) is 3.92. The summed E-state index contributed by atoms with van der Waals surface area (Å²) in [7, 11) is -3.47. The van der Waals surface area contributed by atoms with Crippen LogP contribution in [-0.2, 0) is 24.4 Å². The van der Waals surface area contributed by atoms with E-state index in [4.69, 9.17) is 28.9 Å². The zero-order valence-corrected chi connectivity index (χ0v) is 31.4. The number of carbonyl (C=O) groups is 3. The maximum absolute atomic E-state index is 12.1. The molecule has 3 amide bonds. The van der Waals surface area contributed by atoms with Crippen LogP contribution in [0, 0.1) is 11.8 Å². The number of rotatable bonds is 12. The second kappa shape index (κ2) is 17.7. The Bertz CT molecular complexity index is 1820. The number of primary amides is 1. The summed E-state index contributed by atoms with van der Waals surface area (Å²) in [4.78, 5) is 50.3. The van der Waals surface area contributed by atoms with Crippen molar-refractivity contribution in [2.75, 3.05) is 18.4 Å². The third-order valence-corrected chi connectivity index (χ3v) is 12.7. The molecule has 1 aliphatic heterocycles. The Morgan fingerprint density at radius 1 is 1.12 bits per heavy atom. The van der Waals surface area contributed by atoms with Crippen molar-refractivity contribution >= 4 is 78.2 Å². The van der Waals surface area contributed by atoms with Gasteiger partial charge in [-0.05, 0) is 88.1 Å². The van der Waals surface area contributed by atoms with E-state index in [2.05, 4.69) is 34.1 Å². The van der Waals surface area contributed by atoms with Crippen LogP contribution in [0.4, 0.5) is 5.69 Å². The molecular formula is C35H45Cl2N5O6S2. The number of carbonyl (C=O) groups excluding carboxylic acids is 3. The molecule has 3 fully saturated rings. The molecule has 1 aromatic heterocycles. The van der Waals surface area contributed by atoms with Crippen LogP contribution in [0.15, 0.2) is 59.4 Å². The molecule has 3 atom stereocenters. The lowest BCUT2D eigenvalue weighted by Gasteiger charge is -2.22. The van der Waals surface area contributed by atoms with Gasteiger partial charge in [-0.1, -0.05) is 78.6 Å². The number of unbranched alkanes of at least 4 members (excludes halogenated alkanes) is 3. The van der Waals surface area contributed by atoms with Crippen LogP contribution in [0.3, 0.4) is 0 Å². The van der Waals surface area contributed by atoms with Gasteiger partial charge in [-0.15, -0.1) is 0 Å². The summed E-state index contributed by atoms with van der Waals surface area (Å²) in [6.45, 7) is 4.52. The summed E-state index contributed by atoms with van der Waals surface area (Å²) in [6, 6.07) is 12.2. The number of likely N-dealkylation sites (tertiary alicyclic amines) is 1. The third kappa shape index (κ3) is 11.1. The molecule has 0 spiro atoms. The largest absolute Gasteiger partial charge is 0.376 e. The number of hydrogen-bond donors (Lipinski definition) is 4. The van der Waals surface area contributed by atoms with Gasteiger partial charge in [-0.2, -0.15) is 0 Å². The number of amides is 3.